The summed E-state index contributed by atoms with van der Waals surface area (Å²) in [4.78, 5) is 19.0. The zero-order chi connectivity index (χ0) is 14.0. The lowest BCUT2D eigenvalue weighted by Gasteiger charge is -2.18. The smallest absolute Gasteiger partial charge is 0.332 e. The van der Waals surface area contributed by atoms with E-state index in [1.807, 2.05) is 0 Å². The van der Waals surface area contributed by atoms with Crippen LogP contribution in [0.5, 0.6) is 0 Å². The van der Waals surface area contributed by atoms with Crippen molar-refractivity contribution in [2.45, 2.75) is 39.2 Å². The molecule has 2 N–H and O–H groups in total. The van der Waals surface area contributed by atoms with Crippen LogP contribution in [-0.4, -0.2) is 28.0 Å². The van der Waals surface area contributed by atoms with Gasteiger partial charge < -0.3 is 10.6 Å². The predicted octanol–water partition coefficient (Wildman–Crippen LogP) is 2.34. The van der Waals surface area contributed by atoms with Crippen LogP contribution in [0.15, 0.2) is 0 Å². The summed E-state index contributed by atoms with van der Waals surface area (Å²) in [6.45, 7) is 3.79. The number of hydrogen-bond donors (Lipinski definition) is 2. The Hall–Kier alpha value is -1.92. The van der Waals surface area contributed by atoms with Crippen molar-refractivity contribution in [3.05, 3.63) is 15.8 Å². The van der Waals surface area contributed by atoms with Gasteiger partial charge in [-0.15, -0.1) is 0 Å². The van der Waals surface area contributed by atoms with Crippen LogP contribution < -0.4 is 10.6 Å². The van der Waals surface area contributed by atoms with Crippen molar-refractivity contribution in [1.82, 2.24) is 9.97 Å². The van der Waals surface area contributed by atoms with Crippen molar-refractivity contribution in [2.75, 3.05) is 17.7 Å². The Bertz CT molecular complexity index is 491. The van der Waals surface area contributed by atoms with Gasteiger partial charge >= 0.3 is 5.69 Å². The molecule has 0 bridgehead atoms. The molecule has 1 aliphatic carbocycles. The molecular formula is C12H19N5O2. The van der Waals surface area contributed by atoms with E-state index >= 15 is 0 Å². The topological polar surface area (TPSA) is 93.0 Å². The van der Waals surface area contributed by atoms with E-state index in [0.29, 0.717) is 23.4 Å². The molecule has 7 nitrogen and oxygen atoms in total. The van der Waals surface area contributed by atoms with E-state index in [9.17, 15) is 10.1 Å². The van der Waals surface area contributed by atoms with Crippen LogP contribution in [0.2, 0.25) is 0 Å². The first-order valence-electron chi connectivity index (χ1n) is 6.50. The minimum Gasteiger partial charge on any atom is -0.361 e. The van der Waals surface area contributed by atoms with E-state index in [1.165, 1.54) is 0 Å². The molecule has 1 saturated carbocycles. The molecule has 19 heavy (non-hydrogen) atoms. The molecule has 0 aromatic carbocycles. The molecule has 1 aliphatic rings. The minimum absolute atomic E-state index is 0.0295. The normalized spacial score (nSPS) is 22.3. The average molecular weight is 265 g/mol. The van der Waals surface area contributed by atoms with E-state index in [4.69, 9.17) is 0 Å². The van der Waals surface area contributed by atoms with Crippen LogP contribution >= 0.6 is 0 Å². The molecule has 1 heterocycles. The Balaban J connectivity index is 2.35. The standard InChI is InChI=1S/C12H19N5O2/c1-7-5-4-6-9(7)15-11-10(17(18)19)8(2)14-12(13-3)16-11/h7,9H,4-6H2,1-3H3,(H2,13,14,15,16). The largest absolute Gasteiger partial charge is 0.361 e. The zero-order valence-electron chi connectivity index (χ0n) is 11.4. The Morgan fingerprint density at radius 2 is 2.11 bits per heavy atom. The highest BCUT2D eigenvalue weighted by Crippen LogP contribution is 2.32. The molecule has 1 fully saturated rings. The van der Waals surface area contributed by atoms with Crippen LogP contribution in [0.3, 0.4) is 0 Å². The third kappa shape index (κ3) is 2.74. The number of rotatable bonds is 4. The first-order chi connectivity index (χ1) is 9.02. The lowest BCUT2D eigenvalue weighted by atomic mass is 10.1. The van der Waals surface area contributed by atoms with Gasteiger partial charge in [-0.25, -0.2) is 4.98 Å². The average Bonchev–Trinajstić information content (AvgIpc) is 2.73. The molecule has 0 saturated heterocycles. The molecule has 0 amide bonds. The molecule has 2 rings (SSSR count). The summed E-state index contributed by atoms with van der Waals surface area (Å²) < 4.78 is 0. The fourth-order valence-corrected chi connectivity index (χ4v) is 2.53. The lowest BCUT2D eigenvalue weighted by Crippen LogP contribution is -2.23. The zero-order valence-corrected chi connectivity index (χ0v) is 11.4. The maximum absolute atomic E-state index is 11.2. The molecule has 1 aromatic heterocycles. The number of nitro groups is 1. The number of nitrogens with zero attached hydrogens (tertiary/aromatic N) is 3. The molecule has 2 unspecified atom stereocenters. The molecular weight excluding hydrogens is 246 g/mol. The van der Waals surface area contributed by atoms with Gasteiger partial charge in [-0.3, -0.25) is 10.1 Å². The minimum atomic E-state index is -0.420. The third-order valence-electron chi connectivity index (χ3n) is 3.65. The van der Waals surface area contributed by atoms with Crippen molar-refractivity contribution >= 4 is 17.5 Å². The van der Waals surface area contributed by atoms with Crippen LogP contribution in [0.4, 0.5) is 17.5 Å². The van der Waals surface area contributed by atoms with Crippen molar-refractivity contribution in [1.29, 1.82) is 0 Å². The van der Waals surface area contributed by atoms with Crippen molar-refractivity contribution < 1.29 is 4.92 Å². The Labute approximate surface area is 112 Å². The Morgan fingerprint density at radius 3 is 2.63 bits per heavy atom. The Kier molecular flexibility index (Phi) is 3.82. The van der Waals surface area contributed by atoms with Crippen molar-refractivity contribution in [2.24, 2.45) is 5.92 Å². The SMILES string of the molecule is CNc1nc(C)c([N+](=O)[O-])c(NC2CCCC2C)n1. The van der Waals surface area contributed by atoms with Gasteiger partial charge in [0.05, 0.1) is 4.92 Å². The molecule has 0 spiro atoms. The van der Waals surface area contributed by atoms with E-state index < -0.39 is 4.92 Å². The number of aromatic nitrogens is 2. The highest BCUT2D eigenvalue weighted by Gasteiger charge is 2.28. The monoisotopic (exact) mass is 265 g/mol. The molecule has 0 radical (unpaired) electrons. The van der Waals surface area contributed by atoms with E-state index in [-0.39, 0.29) is 11.7 Å². The van der Waals surface area contributed by atoms with Crippen molar-refractivity contribution in [3.8, 4) is 0 Å². The van der Waals surface area contributed by atoms with Gasteiger partial charge in [0.25, 0.3) is 0 Å². The summed E-state index contributed by atoms with van der Waals surface area (Å²) in [5, 5.41) is 17.2. The maximum Gasteiger partial charge on any atom is 0.332 e. The highest BCUT2D eigenvalue weighted by atomic mass is 16.6. The quantitative estimate of drug-likeness (QED) is 0.641. The van der Waals surface area contributed by atoms with Crippen LogP contribution in [0, 0.1) is 23.0 Å². The van der Waals surface area contributed by atoms with Gasteiger partial charge in [-0.2, -0.15) is 4.98 Å². The van der Waals surface area contributed by atoms with E-state index in [2.05, 4.69) is 27.5 Å². The van der Waals surface area contributed by atoms with E-state index in [0.717, 1.165) is 19.3 Å². The van der Waals surface area contributed by atoms with Crippen LogP contribution in [0.25, 0.3) is 0 Å². The van der Waals surface area contributed by atoms with Crippen LogP contribution in [-0.2, 0) is 0 Å². The fourth-order valence-electron chi connectivity index (χ4n) is 2.53. The summed E-state index contributed by atoms with van der Waals surface area (Å²) in [5.41, 5.74) is 0.343. The highest BCUT2D eigenvalue weighted by molar-refractivity contribution is 5.61. The first kappa shape index (κ1) is 13.5. The summed E-state index contributed by atoms with van der Waals surface area (Å²) >= 11 is 0. The fraction of sp³-hybridized carbons (Fsp3) is 0.667. The molecule has 1 aromatic rings. The van der Waals surface area contributed by atoms with Gasteiger partial charge in [0, 0.05) is 13.1 Å². The van der Waals surface area contributed by atoms with Gasteiger partial charge in [0.2, 0.25) is 11.8 Å². The van der Waals surface area contributed by atoms with Gasteiger partial charge in [-0.1, -0.05) is 13.3 Å². The predicted molar refractivity (Wildman–Crippen MR) is 73.4 cm³/mol. The second kappa shape index (κ2) is 5.38. The van der Waals surface area contributed by atoms with Gasteiger partial charge in [0.1, 0.15) is 5.69 Å². The van der Waals surface area contributed by atoms with Gasteiger partial charge in [-0.05, 0) is 25.7 Å². The number of nitrogens with one attached hydrogen (secondary N) is 2. The lowest BCUT2D eigenvalue weighted by molar-refractivity contribution is -0.385. The summed E-state index contributed by atoms with van der Waals surface area (Å²) in [5.74, 6) is 1.23. The summed E-state index contributed by atoms with van der Waals surface area (Å²) in [6, 6.07) is 0.248. The second-order valence-corrected chi connectivity index (χ2v) is 5.00. The third-order valence-corrected chi connectivity index (χ3v) is 3.65. The summed E-state index contributed by atoms with van der Waals surface area (Å²) in [6.07, 6.45) is 3.32. The van der Waals surface area contributed by atoms with E-state index in [1.54, 1.807) is 14.0 Å². The number of aryl methyl sites for hydroxylation is 1. The molecule has 7 heteroatoms. The molecule has 2 atom stereocenters. The first-order valence-corrected chi connectivity index (χ1v) is 6.50. The maximum atomic E-state index is 11.2. The van der Waals surface area contributed by atoms with Gasteiger partial charge in [0.15, 0.2) is 0 Å². The molecule has 0 aliphatic heterocycles. The van der Waals surface area contributed by atoms with Crippen molar-refractivity contribution in [3.63, 3.8) is 0 Å². The second-order valence-electron chi connectivity index (χ2n) is 5.00. The number of hydrogen-bond acceptors (Lipinski definition) is 6. The summed E-state index contributed by atoms with van der Waals surface area (Å²) in [7, 11) is 1.70. The Morgan fingerprint density at radius 1 is 1.37 bits per heavy atom. The molecule has 104 valence electrons. The van der Waals surface area contributed by atoms with Crippen LogP contribution in [0.1, 0.15) is 31.9 Å². The number of anilines is 2.